The van der Waals surface area contributed by atoms with Crippen LogP contribution in [-0.4, -0.2) is 18.5 Å². The number of nitrogen functional groups attached to an aromatic ring is 1. The van der Waals surface area contributed by atoms with Gasteiger partial charge in [-0.1, -0.05) is 11.6 Å². The van der Waals surface area contributed by atoms with E-state index in [1.165, 1.54) is 18.2 Å². The van der Waals surface area contributed by atoms with Crippen LogP contribution < -0.4 is 11.5 Å². The van der Waals surface area contributed by atoms with Gasteiger partial charge in [0.05, 0.1) is 22.7 Å². The molecule has 0 spiro atoms. The third kappa shape index (κ3) is 3.43. The molecule has 16 heavy (non-hydrogen) atoms. The minimum atomic E-state index is -0.567. The van der Waals surface area contributed by atoms with Gasteiger partial charge in [-0.3, -0.25) is 4.79 Å². The fraction of sp³-hybridized carbons (Fsp3) is 0.200. The van der Waals surface area contributed by atoms with Gasteiger partial charge < -0.3 is 16.2 Å². The number of amides is 1. The van der Waals surface area contributed by atoms with E-state index in [1.54, 1.807) is 0 Å². The number of hydrogen-bond acceptors (Lipinski definition) is 4. The van der Waals surface area contributed by atoms with E-state index in [0.29, 0.717) is 5.69 Å². The van der Waals surface area contributed by atoms with Crippen molar-refractivity contribution in [1.29, 1.82) is 0 Å². The van der Waals surface area contributed by atoms with Crippen LogP contribution in [0.25, 0.3) is 0 Å². The number of esters is 1. The minimum absolute atomic E-state index is 0.00551. The Morgan fingerprint density at radius 1 is 1.38 bits per heavy atom. The molecular formula is C10H11ClN2O3. The molecule has 0 heterocycles. The molecule has 6 heteroatoms. The summed E-state index contributed by atoms with van der Waals surface area (Å²) in [5.74, 6) is -1.09. The van der Waals surface area contributed by atoms with Crippen LogP contribution in [0, 0.1) is 0 Å². The Balaban J connectivity index is 2.59. The summed E-state index contributed by atoms with van der Waals surface area (Å²) in [6.07, 6.45) is -0.00551. The molecule has 0 aliphatic rings. The predicted molar refractivity (Wildman–Crippen MR) is 60.0 cm³/mol. The van der Waals surface area contributed by atoms with Crippen LogP contribution >= 0.6 is 11.6 Å². The van der Waals surface area contributed by atoms with Crippen molar-refractivity contribution in [2.45, 2.75) is 6.42 Å². The van der Waals surface area contributed by atoms with E-state index >= 15 is 0 Å². The van der Waals surface area contributed by atoms with Gasteiger partial charge in [0.15, 0.2) is 0 Å². The van der Waals surface area contributed by atoms with Crippen molar-refractivity contribution in [3.05, 3.63) is 28.8 Å². The van der Waals surface area contributed by atoms with Gasteiger partial charge in [0, 0.05) is 0 Å². The maximum atomic E-state index is 11.4. The molecule has 0 aliphatic carbocycles. The van der Waals surface area contributed by atoms with E-state index in [2.05, 4.69) is 0 Å². The SMILES string of the molecule is NC(=O)CCOC(=O)c1ccc(N)c(Cl)c1. The second-order valence-corrected chi connectivity index (χ2v) is 3.50. The zero-order valence-electron chi connectivity index (χ0n) is 8.40. The molecule has 0 aromatic heterocycles. The van der Waals surface area contributed by atoms with Gasteiger partial charge in [-0.15, -0.1) is 0 Å². The lowest BCUT2D eigenvalue weighted by atomic mass is 10.2. The molecule has 0 saturated carbocycles. The van der Waals surface area contributed by atoms with E-state index in [9.17, 15) is 9.59 Å². The zero-order valence-corrected chi connectivity index (χ0v) is 9.16. The van der Waals surface area contributed by atoms with Crippen molar-refractivity contribution >= 4 is 29.2 Å². The first kappa shape index (κ1) is 12.3. The lowest BCUT2D eigenvalue weighted by Gasteiger charge is -2.04. The Kier molecular flexibility index (Phi) is 4.13. The van der Waals surface area contributed by atoms with Crippen LogP contribution in [0.15, 0.2) is 18.2 Å². The van der Waals surface area contributed by atoms with Crippen LogP contribution in [0.1, 0.15) is 16.8 Å². The average molecular weight is 243 g/mol. The van der Waals surface area contributed by atoms with Crippen molar-refractivity contribution in [3.8, 4) is 0 Å². The summed E-state index contributed by atoms with van der Waals surface area (Å²) in [4.78, 5) is 21.8. The third-order valence-electron chi connectivity index (χ3n) is 1.82. The van der Waals surface area contributed by atoms with Crippen LogP contribution in [0.5, 0.6) is 0 Å². The first-order valence-corrected chi connectivity index (χ1v) is 4.89. The summed E-state index contributed by atoms with van der Waals surface area (Å²) >= 11 is 5.74. The van der Waals surface area contributed by atoms with Gasteiger partial charge in [0.1, 0.15) is 6.61 Å². The molecule has 0 bridgehead atoms. The molecule has 5 nitrogen and oxygen atoms in total. The maximum absolute atomic E-state index is 11.4. The van der Waals surface area contributed by atoms with Crippen molar-refractivity contribution < 1.29 is 14.3 Å². The van der Waals surface area contributed by atoms with Crippen molar-refractivity contribution in [3.63, 3.8) is 0 Å². The van der Waals surface area contributed by atoms with Crippen molar-refractivity contribution in [2.75, 3.05) is 12.3 Å². The number of primary amides is 1. The summed E-state index contributed by atoms with van der Waals surface area (Å²) in [6.45, 7) is -0.0455. The molecule has 1 aromatic carbocycles. The highest BCUT2D eigenvalue weighted by molar-refractivity contribution is 6.33. The first-order chi connectivity index (χ1) is 7.50. The van der Waals surface area contributed by atoms with Gasteiger partial charge in [-0.2, -0.15) is 0 Å². The number of ether oxygens (including phenoxy) is 1. The molecule has 1 aromatic rings. The van der Waals surface area contributed by atoms with Crippen molar-refractivity contribution in [1.82, 2.24) is 0 Å². The second kappa shape index (κ2) is 5.37. The highest BCUT2D eigenvalue weighted by atomic mass is 35.5. The van der Waals surface area contributed by atoms with E-state index in [0.717, 1.165) is 0 Å². The summed E-state index contributed by atoms with van der Waals surface area (Å²) in [7, 11) is 0. The normalized spacial score (nSPS) is 9.81. The molecule has 0 aliphatic heterocycles. The molecule has 1 amide bonds. The van der Waals surface area contributed by atoms with E-state index in [-0.39, 0.29) is 23.6 Å². The number of halogens is 1. The molecule has 0 saturated heterocycles. The number of carbonyl (C=O) groups is 2. The predicted octanol–water partition coefficient (Wildman–Crippen LogP) is 0.954. The van der Waals surface area contributed by atoms with E-state index in [4.69, 9.17) is 27.8 Å². The van der Waals surface area contributed by atoms with Gasteiger partial charge in [-0.05, 0) is 18.2 Å². The lowest BCUT2D eigenvalue weighted by molar-refractivity contribution is -0.118. The molecule has 0 atom stereocenters. The number of nitrogens with two attached hydrogens (primary N) is 2. The standard InChI is InChI=1S/C10H11ClN2O3/c11-7-5-6(1-2-8(7)12)10(15)16-4-3-9(13)14/h1-2,5H,3-4,12H2,(H2,13,14). The highest BCUT2D eigenvalue weighted by Crippen LogP contribution is 2.20. The molecule has 0 unspecified atom stereocenters. The van der Waals surface area contributed by atoms with Crippen molar-refractivity contribution in [2.24, 2.45) is 5.73 Å². The Morgan fingerprint density at radius 3 is 2.62 bits per heavy atom. The smallest absolute Gasteiger partial charge is 0.338 e. The molecular weight excluding hydrogens is 232 g/mol. The topological polar surface area (TPSA) is 95.4 Å². The molecule has 0 fully saturated rings. The fourth-order valence-corrected chi connectivity index (χ4v) is 1.16. The number of rotatable bonds is 4. The second-order valence-electron chi connectivity index (χ2n) is 3.09. The Bertz CT molecular complexity index is 421. The minimum Gasteiger partial charge on any atom is -0.462 e. The average Bonchev–Trinajstić information content (AvgIpc) is 2.21. The number of hydrogen-bond donors (Lipinski definition) is 2. The van der Waals surface area contributed by atoms with Gasteiger partial charge in [0.2, 0.25) is 5.91 Å². The Hall–Kier alpha value is -1.75. The largest absolute Gasteiger partial charge is 0.462 e. The molecule has 1 rings (SSSR count). The summed E-state index contributed by atoms with van der Waals surface area (Å²) in [5.41, 5.74) is 11.0. The number of carbonyl (C=O) groups excluding carboxylic acids is 2. The van der Waals surface area contributed by atoms with Crippen LogP contribution in [0.3, 0.4) is 0 Å². The number of benzene rings is 1. The maximum Gasteiger partial charge on any atom is 0.338 e. The van der Waals surface area contributed by atoms with E-state index < -0.39 is 11.9 Å². The fourth-order valence-electron chi connectivity index (χ4n) is 0.982. The van der Waals surface area contributed by atoms with E-state index in [1.807, 2.05) is 0 Å². The highest BCUT2D eigenvalue weighted by Gasteiger charge is 2.09. The molecule has 86 valence electrons. The number of anilines is 1. The quantitative estimate of drug-likeness (QED) is 0.607. The molecule has 0 radical (unpaired) electrons. The van der Waals surface area contributed by atoms with Crippen LogP contribution in [0.4, 0.5) is 5.69 Å². The van der Waals surface area contributed by atoms with Gasteiger partial charge in [0.25, 0.3) is 0 Å². The van der Waals surface area contributed by atoms with Crippen LogP contribution in [-0.2, 0) is 9.53 Å². The summed E-state index contributed by atoms with van der Waals surface area (Å²) in [6, 6.07) is 4.41. The third-order valence-corrected chi connectivity index (χ3v) is 2.15. The lowest BCUT2D eigenvalue weighted by Crippen LogP contribution is -2.15. The van der Waals surface area contributed by atoms with Gasteiger partial charge >= 0.3 is 5.97 Å². The monoisotopic (exact) mass is 242 g/mol. The summed E-state index contributed by atoms with van der Waals surface area (Å²) < 4.78 is 4.79. The van der Waals surface area contributed by atoms with Crippen LogP contribution in [0.2, 0.25) is 5.02 Å². The first-order valence-electron chi connectivity index (χ1n) is 4.51. The molecule has 4 N–H and O–H groups in total. The Morgan fingerprint density at radius 2 is 2.06 bits per heavy atom. The zero-order chi connectivity index (χ0) is 12.1. The van der Waals surface area contributed by atoms with Gasteiger partial charge in [-0.25, -0.2) is 4.79 Å². The Labute approximate surface area is 97.3 Å². The summed E-state index contributed by atoms with van der Waals surface area (Å²) in [5, 5.41) is 0.282.